The van der Waals surface area contributed by atoms with Gasteiger partial charge in [-0.3, -0.25) is 4.79 Å². The van der Waals surface area contributed by atoms with Crippen molar-refractivity contribution in [3.63, 3.8) is 0 Å². The highest BCUT2D eigenvalue weighted by Crippen LogP contribution is 2.22. The summed E-state index contributed by atoms with van der Waals surface area (Å²) in [6.07, 6.45) is 0. The van der Waals surface area contributed by atoms with Crippen molar-refractivity contribution in [2.24, 2.45) is 0 Å². The zero-order valence-corrected chi connectivity index (χ0v) is 12.5. The molecule has 2 rings (SSSR count). The minimum Gasteiger partial charge on any atom is -0.322 e. The first-order chi connectivity index (χ1) is 9.47. The third-order valence-corrected chi connectivity index (χ3v) is 3.43. The molecule has 0 saturated carbocycles. The molecular formula is C18H21NO. The summed E-state index contributed by atoms with van der Waals surface area (Å²) < 4.78 is 0. The van der Waals surface area contributed by atoms with E-state index in [2.05, 4.69) is 32.2 Å². The van der Waals surface area contributed by atoms with E-state index < -0.39 is 0 Å². The van der Waals surface area contributed by atoms with Crippen LogP contribution >= 0.6 is 0 Å². The Bertz CT molecular complexity index is 629. The molecule has 0 bridgehead atoms. The third-order valence-electron chi connectivity index (χ3n) is 3.43. The lowest BCUT2D eigenvalue weighted by molar-refractivity contribution is 0.102. The van der Waals surface area contributed by atoms with Crippen LogP contribution in [0.15, 0.2) is 42.5 Å². The number of benzene rings is 2. The van der Waals surface area contributed by atoms with Crippen LogP contribution in [0.25, 0.3) is 0 Å². The molecule has 0 unspecified atom stereocenters. The number of anilines is 1. The predicted molar refractivity (Wildman–Crippen MR) is 84.4 cm³/mol. The van der Waals surface area contributed by atoms with Gasteiger partial charge in [0.05, 0.1) is 0 Å². The summed E-state index contributed by atoms with van der Waals surface area (Å²) in [6, 6.07) is 13.7. The van der Waals surface area contributed by atoms with E-state index >= 15 is 0 Å². The fourth-order valence-corrected chi connectivity index (χ4v) is 2.39. The molecule has 0 aromatic heterocycles. The Balaban J connectivity index is 2.18. The largest absolute Gasteiger partial charge is 0.322 e. The normalized spacial score (nSPS) is 10.7. The number of carbonyl (C=O) groups excluding carboxylic acids is 1. The maximum absolute atomic E-state index is 12.2. The van der Waals surface area contributed by atoms with Crippen molar-refractivity contribution < 1.29 is 4.79 Å². The summed E-state index contributed by atoms with van der Waals surface area (Å²) >= 11 is 0. The Morgan fingerprint density at radius 1 is 1.05 bits per heavy atom. The highest BCUT2D eigenvalue weighted by atomic mass is 16.1. The van der Waals surface area contributed by atoms with Crippen LogP contribution in [0, 0.1) is 13.8 Å². The number of nitrogens with one attached hydrogen (secondary N) is 1. The zero-order valence-electron chi connectivity index (χ0n) is 12.5. The first-order valence-corrected chi connectivity index (χ1v) is 6.96. The Labute approximate surface area is 120 Å². The van der Waals surface area contributed by atoms with Crippen molar-refractivity contribution in [1.29, 1.82) is 0 Å². The molecule has 0 aliphatic rings. The molecule has 2 aromatic rings. The molecule has 104 valence electrons. The summed E-state index contributed by atoms with van der Waals surface area (Å²) in [5.41, 5.74) is 5.15. The van der Waals surface area contributed by atoms with Crippen molar-refractivity contribution in [2.75, 3.05) is 5.32 Å². The van der Waals surface area contributed by atoms with Gasteiger partial charge in [0.25, 0.3) is 5.91 Å². The standard InChI is InChI=1S/C18H21NO/c1-12(2)17-9-8-16(11-14(17)4)19-18(20)15-7-5-6-13(3)10-15/h5-12H,1-4H3,(H,19,20). The minimum atomic E-state index is -0.0644. The number of hydrogen-bond donors (Lipinski definition) is 1. The van der Waals surface area contributed by atoms with Crippen LogP contribution < -0.4 is 5.32 Å². The van der Waals surface area contributed by atoms with E-state index in [-0.39, 0.29) is 5.91 Å². The molecule has 2 aromatic carbocycles. The molecule has 0 aliphatic carbocycles. The fourth-order valence-electron chi connectivity index (χ4n) is 2.39. The molecule has 0 radical (unpaired) electrons. The number of carbonyl (C=O) groups is 1. The number of amides is 1. The van der Waals surface area contributed by atoms with Gasteiger partial charge in [0.1, 0.15) is 0 Å². The molecule has 1 N–H and O–H groups in total. The second kappa shape index (κ2) is 5.91. The van der Waals surface area contributed by atoms with Gasteiger partial charge in [-0.2, -0.15) is 0 Å². The lowest BCUT2D eigenvalue weighted by atomic mass is 9.97. The van der Waals surface area contributed by atoms with Crippen LogP contribution in [-0.2, 0) is 0 Å². The van der Waals surface area contributed by atoms with Gasteiger partial charge < -0.3 is 5.32 Å². The second-order valence-electron chi connectivity index (χ2n) is 5.55. The average Bonchev–Trinajstić information content (AvgIpc) is 2.38. The van der Waals surface area contributed by atoms with Gasteiger partial charge in [0.15, 0.2) is 0 Å². The lowest BCUT2D eigenvalue weighted by Crippen LogP contribution is -2.12. The smallest absolute Gasteiger partial charge is 0.255 e. The van der Waals surface area contributed by atoms with E-state index in [9.17, 15) is 4.79 Å². The van der Waals surface area contributed by atoms with Crippen molar-refractivity contribution >= 4 is 11.6 Å². The predicted octanol–water partition coefficient (Wildman–Crippen LogP) is 4.68. The van der Waals surface area contributed by atoms with Gasteiger partial charge in [-0.15, -0.1) is 0 Å². The van der Waals surface area contributed by atoms with Gasteiger partial charge in [0, 0.05) is 11.3 Å². The van der Waals surface area contributed by atoms with Crippen molar-refractivity contribution in [1.82, 2.24) is 0 Å². The molecular weight excluding hydrogens is 246 g/mol. The quantitative estimate of drug-likeness (QED) is 0.859. The molecule has 0 heterocycles. The second-order valence-corrected chi connectivity index (χ2v) is 5.55. The van der Waals surface area contributed by atoms with Crippen molar-refractivity contribution in [3.8, 4) is 0 Å². The summed E-state index contributed by atoms with van der Waals surface area (Å²) in [7, 11) is 0. The number of hydrogen-bond acceptors (Lipinski definition) is 1. The first-order valence-electron chi connectivity index (χ1n) is 6.96. The van der Waals surface area contributed by atoms with Gasteiger partial charge in [-0.25, -0.2) is 0 Å². The first kappa shape index (κ1) is 14.3. The van der Waals surface area contributed by atoms with Crippen LogP contribution in [0.1, 0.15) is 46.8 Å². The highest BCUT2D eigenvalue weighted by molar-refractivity contribution is 6.04. The van der Waals surface area contributed by atoms with Crippen molar-refractivity contribution in [2.45, 2.75) is 33.6 Å². The van der Waals surface area contributed by atoms with E-state index in [1.54, 1.807) is 0 Å². The number of aryl methyl sites for hydroxylation is 2. The lowest BCUT2D eigenvalue weighted by Gasteiger charge is -2.12. The SMILES string of the molecule is Cc1cccc(C(=O)Nc2ccc(C(C)C)c(C)c2)c1. The molecule has 0 atom stereocenters. The Morgan fingerprint density at radius 3 is 2.40 bits per heavy atom. The monoisotopic (exact) mass is 267 g/mol. The Morgan fingerprint density at radius 2 is 1.80 bits per heavy atom. The Hall–Kier alpha value is -2.09. The summed E-state index contributed by atoms with van der Waals surface area (Å²) in [5.74, 6) is 0.432. The highest BCUT2D eigenvalue weighted by Gasteiger charge is 2.08. The molecule has 0 spiro atoms. The molecule has 0 aliphatic heterocycles. The van der Waals surface area contributed by atoms with Crippen LogP contribution in [0.5, 0.6) is 0 Å². The topological polar surface area (TPSA) is 29.1 Å². The van der Waals surface area contributed by atoms with E-state index in [4.69, 9.17) is 0 Å². The van der Waals surface area contributed by atoms with Gasteiger partial charge >= 0.3 is 0 Å². The zero-order chi connectivity index (χ0) is 14.7. The molecule has 2 heteroatoms. The van der Waals surface area contributed by atoms with Crippen LogP contribution in [0.4, 0.5) is 5.69 Å². The van der Waals surface area contributed by atoms with E-state index in [1.165, 1.54) is 11.1 Å². The minimum absolute atomic E-state index is 0.0644. The molecule has 1 amide bonds. The van der Waals surface area contributed by atoms with Gasteiger partial charge in [0.2, 0.25) is 0 Å². The molecule has 0 saturated heterocycles. The van der Waals surface area contributed by atoms with Gasteiger partial charge in [-0.1, -0.05) is 37.6 Å². The molecule has 20 heavy (non-hydrogen) atoms. The molecule has 0 fully saturated rings. The van der Waals surface area contributed by atoms with Crippen LogP contribution in [0.3, 0.4) is 0 Å². The van der Waals surface area contributed by atoms with Crippen LogP contribution in [0.2, 0.25) is 0 Å². The van der Waals surface area contributed by atoms with E-state index in [1.807, 2.05) is 43.3 Å². The summed E-state index contributed by atoms with van der Waals surface area (Å²) in [6.45, 7) is 8.41. The third kappa shape index (κ3) is 3.27. The summed E-state index contributed by atoms with van der Waals surface area (Å²) in [5, 5.41) is 2.95. The van der Waals surface area contributed by atoms with E-state index in [0.29, 0.717) is 11.5 Å². The van der Waals surface area contributed by atoms with Gasteiger partial charge in [-0.05, 0) is 55.2 Å². The maximum Gasteiger partial charge on any atom is 0.255 e. The molecule has 2 nitrogen and oxygen atoms in total. The summed E-state index contributed by atoms with van der Waals surface area (Å²) in [4.78, 5) is 12.2. The van der Waals surface area contributed by atoms with Crippen molar-refractivity contribution in [3.05, 3.63) is 64.7 Å². The van der Waals surface area contributed by atoms with E-state index in [0.717, 1.165) is 11.3 Å². The van der Waals surface area contributed by atoms with Crippen LogP contribution in [-0.4, -0.2) is 5.91 Å². The average molecular weight is 267 g/mol. The number of rotatable bonds is 3. The fraction of sp³-hybridized carbons (Fsp3) is 0.278. The maximum atomic E-state index is 12.2. The Kier molecular flexibility index (Phi) is 4.23.